The number of carboxylic acid groups (broad SMARTS) is 1. The van der Waals surface area contributed by atoms with Crippen LogP contribution in [0.1, 0.15) is 11.3 Å². The average Bonchev–Trinajstić information content (AvgIpc) is 2.95. The van der Waals surface area contributed by atoms with E-state index in [0.29, 0.717) is 27.7 Å². The lowest BCUT2D eigenvalue weighted by Crippen LogP contribution is -1.94. The Balaban J connectivity index is 2.12. The highest BCUT2D eigenvalue weighted by Crippen LogP contribution is 2.31. The Morgan fingerprint density at radius 3 is 2.57 bits per heavy atom. The van der Waals surface area contributed by atoms with Crippen molar-refractivity contribution in [1.82, 2.24) is 0 Å². The molecule has 0 saturated carbocycles. The predicted molar refractivity (Wildman–Crippen MR) is 88.9 cm³/mol. The van der Waals surface area contributed by atoms with Gasteiger partial charge in [-0.2, -0.15) is 0 Å². The molecule has 1 aromatic heterocycles. The molecule has 0 saturated heterocycles. The van der Waals surface area contributed by atoms with Gasteiger partial charge in [0.25, 0.3) is 0 Å². The maximum atomic E-state index is 11.2. The second kappa shape index (κ2) is 6.18. The van der Waals surface area contributed by atoms with E-state index in [4.69, 9.17) is 25.9 Å². The summed E-state index contributed by atoms with van der Waals surface area (Å²) < 4.78 is 10.9. The molecule has 0 radical (unpaired) electrons. The summed E-state index contributed by atoms with van der Waals surface area (Å²) in [6.07, 6.45) is 1.13. The van der Waals surface area contributed by atoms with Crippen molar-refractivity contribution >= 4 is 34.1 Å². The van der Waals surface area contributed by atoms with Gasteiger partial charge in [0.15, 0.2) is 0 Å². The first-order chi connectivity index (χ1) is 11.1. The van der Waals surface area contributed by atoms with Gasteiger partial charge in [-0.3, -0.25) is 0 Å². The van der Waals surface area contributed by atoms with Crippen molar-refractivity contribution in [3.63, 3.8) is 0 Å². The molecule has 0 amide bonds. The highest BCUT2D eigenvalue weighted by Gasteiger charge is 2.13. The zero-order valence-electron chi connectivity index (χ0n) is 12.2. The van der Waals surface area contributed by atoms with Gasteiger partial charge in [-0.25, -0.2) is 4.79 Å². The summed E-state index contributed by atoms with van der Waals surface area (Å²) in [5, 5.41) is 10.6. The number of hydrogen-bond acceptors (Lipinski definition) is 3. The lowest BCUT2D eigenvalue weighted by atomic mass is 10.0. The molecule has 0 spiro atoms. The van der Waals surface area contributed by atoms with E-state index >= 15 is 0 Å². The van der Waals surface area contributed by atoms with Crippen LogP contribution in [0.5, 0.6) is 5.75 Å². The summed E-state index contributed by atoms with van der Waals surface area (Å²) >= 11 is 5.98. The number of carboxylic acids is 1. The summed E-state index contributed by atoms with van der Waals surface area (Å²) in [6.45, 7) is 0. The Bertz CT molecular complexity index is 891. The molecule has 5 heteroatoms. The minimum Gasteiger partial charge on any atom is -0.497 e. The van der Waals surface area contributed by atoms with E-state index < -0.39 is 5.97 Å². The van der Waals surface area contributed by atoms with Crippen molar-refractivity contribution in [3.05, 3.63) is 71.0 Å². The lowest BCUT2D eigenvalue weighted by Gasteiger charge is -2.05. The molecular formula is C18H13ClO4. The summed E-state index contributed by atoms with van der Waals surface area (Å²) in [7, 11) is 1.58. The van der Waals surface area contributed by atoms with Crippen LogP contribution in [0.2, 0.25) is 5.02 Å². The minimum atomic E-state index is -1.05. The zero-order valence-corrected chi connectivity index (χ0v) is 13.0. The third-order valence-electron chi connectivity index (χ3n) is 3.41. The number of carbonyl (C=O) groups is 1. The molecule has 3 aromatic rings. The van der Waals surface area contributed by atoms with Crippen molar-refractivity contribution < 1.29 is 19.1 Å². The molecule has 2 aromatic carbocycles. The van der Waals surface area contributed by atoms with Crippen LogP contribution in [0.3, 0.4) is 0 Å². The first-order valence-corrected chi connectivity index (χ1v) is 7.23. The van der Waals surface area contributed by atoms with E-state index in [9.17, 15) is 4.79 Å². The molecule has 1 N–H and O–H groups in total. The third kappa shape index (κ3) is 3.22. The molecule has 1 heterocycles. The van der Waals surface area contributed by atoms with E-state index in [1.807, 2.05) is 0 Å². The number of halogens is 1. The lowest BCUT2D eigenvalue weighted by molar-refractivity contribution is -0.131. The van der Waals surface area contributed by atoms with Crippen molar-refractivity contribution in [2.75, 3.05) is 7.11 Å². The van der Waals surface area contributed by atoms with Gasteiger partial charge in [0.05, 0.1) is 7.11 Å². The smallest absolute Gasteiger partial charge is 0.329 e. The van der Waals surface area contributed by atoms with Crippen LogP contribution in [-0.4, -0.2) is 18.2 Å². The number of benzene rings is 2. The van der Waals surface area contributed by atoms with Crippen LogP contribution >= 0.6 is 11.6 Å². The van der Waals surface area contributed by atoms with Crippen molar-refractivity contribution in [1.29, 1.82) is 0 Å². The fraction of sp³-hybridized carbons (Fsp3) is 0.0556. The monoisotopic (exact) mass is 328 g/mol. The summed E-state index contributed by atoms with van der Waals surface area (Å²) in [4.78, 5) is 11.2. The minimum absolute atomic E-state index is 0.467. The van der Waals surface area contributed by atoms with E-state index in [1.54, 1.807) is 55.6 Å². The number of ether oxygens (including phenoxy) is 1. The normalized spacial score (nSPS) is 11.7. The molecule has 4 nitrogen and oxygen atoms in total. The highest BCUT2D eigenvalue weighted by molar-refractivity contribution is 6.31. The number of furan rings is 1. The maximum Gasteiger partial charge on any atom is 0.329 e. The standard InChI is InChI=1S/C18H13ClO4/c1-22-14-5-2-11(3-6-14)15(10-18(20)21)17-9-12-8-13(19)4-7-16(12)23-17/h2-10H,1H3,(H,20,21)/b15-10+. The SMILES string of the molecule is COc1ccc(/C(=C\C(=O)O)c2cc3cc(Cl)ccc3o2)cc1. The second-order valence-electron chi connectivity index (χ2n) is 4.92. The number of aliphatic carboxylic acids is 1. The van der Waals surface area contributed by atoms with Gasteiger partial charge in [0.2, 0.25) is 0 Å². The fourth-order valence-electron chi connectivity index (χ4n) is 2.34. The Hall–Kier alpha value is -2.72. The molecule has 0 aliphatic rings. The molecule has 0 aliphatic heterocycles. The zero-order chi connectivity index (χ0) is 16.4. The molecule has 3 rings (SSSR count). The number of rotatable bonds is 4. The highest BCUT2D eigenvalue weighted by atomic mass is 35.5. The molecule has 0 atom stereocenters. The van der Waals surface area contributed by atoms with Crippen molar-refractivity contribution in [2.24, 2.45) is 0 Å². The van der Waals surface area contributed by atoms with E-state index in [0.717, 1.165) is 17.0 Å². The van der Waals surface area contributed by atoms with Crippen LogP contribution in [-0.2, 0) is 4.79 Å². The summed E-state index contributed by atoms with van der Waals surface area (Å²) in [5.74, 6) is 0.115. The third-order valence-corrected chi connectivity index (χ3v) is 3.65. The molecular weight excluding hydrogens is 316 g/mol. The van der Waals surface area contributed by atoms with E-state index in [-0.39, 0.29) is 0 Å². The van der Waals surface area contributed by atoms with Gasteiger partial charge in [-0.1, -0.05) is 23.7 Å². The van der Waals surface area contributed by atoms with Crippen LogP contribution < -0.4 is 4.74 Å². The van der Waals surface area contributed by atoms with Crippen LogP contribution in [0.15, 0.2) is 59.0 Å². The number of fused-ring (bicyclic) bond motifs is 1. The Labute approximate surface area is 137 Å². The quantitative estimate of drug-likeness (QED) is 0.710. The Kier molecular flexibility index (Phi) is 4.08. The largest absolute Gasteiger partial charge is 0.497 e. The molecule has 0 unspecified atom stereocenters. The van der Waals surface area contributed by atoms with Crippen molar-refractivity contribution in [2.45, 2.75) is 0 Å². The maximum absolute atomic E-state index is 11.2. The predicted octanol–water partition coefficient (Wildman–Crippen LogP) is 4.61. The van der Waals surface area contributed by atoms with Gasteiger partial charge >= 0.3 is 5.97 Å². The Morgan fingerprint density at radius 2 is 1.91 bits per heavy atom. The molecule has 0 bridgehead atoms. The van der Waals surface area contributed by atoms with Gasteiger partial charge in [-0.05, 0) is 42.0 Å². The van der Waals surface area contributed by atoms with Crippen LogP contribution in [0, 0.1) is 0 Å². The summed E-state index contributed by atoms with van der Waals surface area (Å²) in [6, 6.07) is 14.1. The van der Waals surface area contributed by atoms with E-state index in [1.165, 1.54) is 0 Å². The van der Waals surface area contributed by atoms with Gasteiger partial charge in [0.1, 0.15) is 17.1 Å². The Morgan fingerprint density at radius 1 is 1.17 bits per heavy atom. The van der Waals surface area contributed by atoms with Gasteiger partial charge in [-0.15, -0.1) is 0 Å². The average molecular weight is 329 g/mol. The fourth-order valence-corrected chi connectivity index (χ4v) is 2.52. The van der Waals surface area contributed by atoms with Crippen molar-refractivity contribution in [3.8, 4) is 5.75 Å². The van der Waals surface area contributed by atoms with Crippen LogP contribution in [0.4, 0.5) is 0 Å². The van der Waals surface area contributed by atoms with Crippen LogP contribution in [0.25, 0.3) is 16.5 Å². The molecule has 116 valence electrons. The summed E-state index contributed by atoms with van der Waals surface area (Å²) in [5.41, 5.74) is 1.85. The topological polar surface area (TPSA) is 59.7 Å². The first kappa shape index (κ1) is 15.2. The first-order valence-electron chi connectivity index (χ1n) is 6.85. The molecule has 0 aliphatic carbocycles. The van der Waals surface area contributed by atoms with Gasteiger partial charge < -0.3 is 14.3 Å². The second-order valence-corrected chi connectivity index (χ2v) is 5.35. The molecule has 0 fully saturated rings. The van der Waals surface area contributed by atoms with Gasteiger partial charge in [0, 0.05) is 22.1 Å². The number of hydrogen-bond donors (Lipinski definition) is 1. The molecule has 23 heavy (non-hydrogen) atoms. The number of methoxy groups -OCH3 is 1. The van der Waals surface area contributed by atoms with E-state index in [2.05, 4.69) is 0 Å².